The van der Waals surface area contributed by atoms with Crippen molar-refractivity contribution in [2.24, 2.45) is 0 Å². The highest BCUT2D eigenvalue weighted by Crippen LogP contribution is 2.34. The molecule has 0 amide bonds. The van der Waals surface area contributed by atoms with Crippen LogP contribution in [-0.4, -0.2) is 56.1 Å². The first-order valence-corrected chi connectivity index (χ1v) is 13.3. The maximum atomic E-state index is 12.9. The Labute approximate surface area is 200 Å². The van der Waals surface area contributed by atoms with Crippen molar-refractivity contribution in [3.05, 3.63) is 66.5 Å². The molecule has 2 N–H and O–H groups in total. The minimum atomic E-state index is -3.62. The number of aromatic nitrogens is 2. The molecule has 0 bridgehead atoms. The van der Waals surface area contributed by atoms with Crippen LogP contribution >= 0.6 is 0 Å². The number of para-hydroxylation sites is 1. The summed E-state index contributed by atoms with van der Waals surface area (Å²) in [7, 11) is -3.62. The summed E-state index contributed by atoms with van der Waals surface area (Å²) in [4.78, 5) is 10.2. The van der Waals surface area contributed by atoms with E-state index in [4.69, 9.17) is 4.74 Å². The number of hydrogen-bond acceptors (Lipinski definition) is 5. The van der Waals surface area contributed by atoms with Crippen LogP contribution in [0.15, 0.2) is 65.8 Å². The Balaban J connectivity index is 1.18. The summed E-state index contributed by atoms with van der Waals surface area (Å²) in [6.45, 7) is 5.61. The number of nitrogens with one attached hydrogen (secondary N) is 2. The first kappa shape index (κ1) is 22.8. The van der Waals surface area contributed by atoms with Crippen LogP contribution < -0.4 is 9.46 Å². The smallest absolute Gasteiger partial charge is 0.242 e. The third-order valence-electron chi connectivity index (χ3n) is 6.63. The average molecular weight is 479 g/mol. The molecule has 2 aromatic carbocycles. The summed E-state index contributed by atoms with van der Waals surface area (Å²) < 4.78 is 34.3. The lowest BCUT2D eigenvalue weighted by Crippen LogP contribution is -2.39. The van der Waals surface area contributed by atoms with E-state index in [-0.39, 0.29) is 4.90 Å². The summed E-state index contributed by atoms with van der Waals surface area (Å²) in [5.74, 6) is 1.39. The number of H-pyrrole nitrogens is 1. The summed E-state index contributed by atoms with van der Waals surface area (Å²) in [6, 6.07) is 15.1. The minimum Gasteiger partial charge on any atom is -0.494 e. The Hall–Kier alpha value is -2.94. The molecule has 3 heterocycles. The van der Waals surface area contributed by atoms with Gasteiger partial charge in [0.1, 0.15) is 10.6 Å². The molecule has 0 unspecified atom stereocenters. The Morgan fingerprint density at radius 2 is 1.97 bits per heavy atom. The van der Waals surface area contributed by atoms with Crippen molar-refractivity contribution in [1.82, 2.24) is 19.6 Å². The number of rotatable bonds is 8. The molecule has 0 radical (unpaired) electrons. The normalized spacial score (nSPS) is 15.8. The van der Waals surface area contributed by atoms with Crippen LogP contribution in [0.3, 0.4) is 0 Å². The number of benzene rings is 2. The van der Waals surface area contributed by atoms with E-state index in [0.717, 1.165) is 42.6 Å². The van der Waals surface area contributed by atoms with Crippen molar-refractivity contribution >= 4 is 31.8 Å². The van der Waals surface area contributed by atoms with E-state index in [1.807, 2.05) is 31.2 Å². The molecule has 1 saturated heterocycles. The number of ether oxygens (including phenoxy) is 1. The molecular weight excluding hydrogens is 448 g/mol. The molecular formula is C26H30N4O3S. The molecule has 0 aliphatic carbocycles. The number of pyridine rings is 1. The fourth-order valence-electron chi connectivity index (χ4n) is 4.89. The quantitative estimate of drug-likeness (QED) is 0.395. The second-order valence-electron chi connectivity index (χ2n) is 8.73. The number of likely N-dealkylation sites (tertiary alicyclic amines) is 1. The van der Waals surface area contributed by atoms with E-state index in [1.54, 1.807) is 18.3 Å². The molecule has 8 heteroatoms. The van der Waals surface area contributed by atoms with Crippen LogP contribution in [0.1, 0.15) is 31.2 Å². The Kier molecular flexibility index (Phi) is 6.54. The number of piperidine rings is 1. The van der Waals surface area contributed by atoms with Crippen molar-refractivity contribution in [3.63, 3.8) is 0 Å². The van der Waals surface area contributed by atoms with Crippen molar-refractivity contribution in [2.75, 3.05) is 32.8 Å². The Bertz CT molecular complexity index is 1390. The lowest BCUT2D eigenvalue weighted by Gasteiger charge is -2.32. The molecule has 0 spiro atoms. The van der Waals surface area contributed by atoms with Crippen LogP contribution in [0.5, 0.6) is 5.75 Å². The minimum absolute atomic E-state index is 0.232. The topological polar surface area (TPSA) is 87.3 Å². The van der Waals surface area contributed by atoms with Crippen molar-refractivity contribution in [2.45, 2.75) is 30.6 Å². The first-order chi connectivity index (χ1) is 16.5. The molecule has 2 aromatic heterocycles. The van der Waals surface area contributed by atoms with Crippen LogP contribution in [0.25, 0.3) is 21.8 Å². The van der Waals surface area contributed by atoms with Gasteiger partial charge in [0.2, 0.25) is 10.0 Å². The maximum absolute atomic E-state index is 12.9. The van der Waals surface area contributed by atoms with E-state index in [0.29, 0.717) is 31.1 Å². The van der Waals surface area contributed by atoms with Gasteiger partial charge in [0, 0.05) is 41.8 Å². The van der Waals surface area contributed by atoms with Gasteiger partial charge in [-0.15, -0.1) is 0 Å². The molecule has 4 aromatic rings. The number of aromatic amines is 1. The SMILES string of the molecule is CCOc1ccc2[nH]cc(C3CCN(CCNS(=O)(=O)c4cccc5cccnc45)CC3)c2c1. The predicted octanol–water partition coefficient (Wildman–Crippen LogP) is 4.27. The molecule has 34 heavy (non-hydrogen) atoms. The van der Waals surface area contributed by atoms with Gasteiger partial charge in [0.15, 0.2) is 0 Å². The molecule has 5 rings (SSSR count). The molecule has 1 aliphatic heterocycles. The van der Waals surface area contributed by atoms with Crippen molar-refractivity contribution in [3.8, 4) is 5.75 Å². The third kappa shape index (κ3) is 4.66. The van der Waals surface area contributed by atoms with Gasteiger partial charge in [0.05, 0.1) is 12.1 Å². The van der Waals surface area contributed by atoms with Gasteiger partial charge in [-0.3, -0.25) is 4.98 Å². The highest BCUT2D eigenvalue weighted by molar-refractivity contribution is 7.89. The molecule has 1 aliphatic rings. The third-order valence-corrected chi connectivity index (χ3v) is 8.12. The van der Waals surface area contributed by atoms with E-state index in [9.17, 15) is 8.42 Å². The molecule has 0 saturated carbocycles. The number of sulfonamides is 1. The Morgan fingerprint density at radius 3 is 2.79 bits per heavy atom. The molecule has 178 valence electrons. The number of hydrogen-bond donors (Lipinski definition) is 2. The average Bonchev–Trinajstić information content (AvgIpc) is 3.27. The second-order valence-corrected chi connectivity index (χ2v) is 10.5. The monoisotopic (exact) mass is 478 g/mol. The first-order valence-electron chi connectivity index (χ1n) is 11.8. The zero-order chi connectivity index (χ0) is 23.5. The van der Waals surface area contributed by atoms with Gasteiger partial charge in [-0.05, 0) is 74.7 Å². The predicted molar refractivity (Wildman–Crippen MR) is 135 cm³/mol. The zero-order valence-electron chi connectivity index (χ0n) is 19.3. The highest BCUT2D eigenvalue weighted by atomic mass is 32.2. The van der Waals surface area contributed by atoms with E-state index in [1.165, 1.54) is 10.9 Å². The summed E-state index contributed by atoms with van der Waals surface area (Å²) in [6.07, 6.45) is 5.85. The van der Waals surface area contributed by atoms with Gasteiger partial charge in [-0.2, -0.15) is 0 Å². The lowest BCUT2D eigenvalue weighted by molar-refractivity contribution is 0.216. The summed E-state index contributed by atoms with van der Waals surface area (Å²) in [5, 5.41) is 2.05. The number of nitrogens with zero attached hydrogens (tertiary/aromatic N) is 2. The van der Waals surface area contributed by atoms with E-state index >= 15 is 0 Å². The van der Waals surface area contributed by atoms with E-state index < -0.39 is 10.0 Å². The van der Waals surface area contributed by atoms with Crippen LogP contribution in [-0.2, 0) is 10.0 Å². The fraction of sp³-hybridized carbons (Fsp3) is 0.346. The molecule has 7 nitrogen and oxygen atoms in total. The zero-order valence-corrected chi connectivity index (χ0v) is 20.1. The molecule has 1 fully saturated rings. The lowest BCUT2D eigenvalue weighted by atomic mass is 9.89. The van der Waals surface area contributed by atoms with Gasteiger partial charge in [-0.1, -0.05) is 18.2 Å². The number of fused-ring (bicyclic) bond motifs is 2. The van der Waals surface area contributed by atoms with Crippen LogP contribution in [0.2, 0.25) is 0 Å². The van der Waals surface area contributed by atoms with Gasteiger partial charge >= 0.3 is 0 Å². The van der Waals surface area contributed by atoms with Gasteiger partial charge in [0.25, 0.3) is 0 Å². The Morgan fingerprint density at radius 1 is 1.15 bits per heavy atom. The van der Waals surface area contributed by atoms with Crippen LogP contribution in [0.4, 0.5) is 0 Å². The van der Waals surface area contributed by atoms with Crippen molar-refractivity contribution < 1.29 is 13.2 Å². The maximum Gasteiger partial charge on any atom is 0.242 e. The van der Waals surface area contributed by atoms with Crippen LogP contribution in [0, 0.1) is 0 Å². The highest BCUT2D eigenvalue weighted by Gasteiger charge is 2.24. The largest absolute Gasteiger partial charge is 0.494 e. The summed E-state index contributed by atoms with van der Waals surface area (Å²) in [5.41, 5.74) is 2.99. The van der Waals surface area contributed by atoms with Crippen molar-refractivity contribution in [1.29, 1.82) is 0 Å². The molecule has 0 atom stereocenters. The summed E-state index contributed by atoms with van der Waals surface area (Å²) >= 11 is 0. The van der Waals surface area contributed by atoms with Gasteiger partial charge < -0.3 is 14.6 Å². The standard InChI is InChI=1S/C26H30N4O3S/c1-2-33-21-8-9-24-22(17-21)23(18-28-24)19-10-14-30(15-11-19)16-13-29-34(31,32)25-7-3-5-20-6-4-12-27-26(20)25/h3-9,12,17-19,28-29H,2,10-11,13-16H2,1H3. The van der Waals surface area contributed by atoms with Gasteiger partial charge in [-0.25, -0.2) is 13.1 Å². The van der Waals surface area contributed by atoms with E-state index in [2.05, 4.69) is 37.9 Å². The fourth-order valence-corrected chi connectivity index (χ4v) is 6.09. The second kappa shape index (κ2) is 9.74.